The summed E-state index contributed by atoms with van der Waals surface area (Å²) in [5.74, 6) is 0. The van der Waals surface area contributed by atoms with Crippen molar-refractivity contribution in [3.63, 3.8) is 0 Å². The quantitative estimate of drug-likeness (QED) is 0.797. The zero-order chi connectivity index (χ0) is 12.1. The number of nitrogens with one attached hydrogen (secondary N) is 1. The summed E-state index contributed by atoms with van der Waals surface area (Å²) >= 11 is 5.36. The zero-order valence-electron chi connectivity index (χ0n) is 10.2. The summed E-state index contributed by atoms with van der Waals surface area (Å²) in [5.41, 5.74) is 0. The first-order valence-corrected chi connectivity index (χ1v) is 8.02. The van der Waals surface area contributed by atoms with Crippen molar-refractivity contribution in [2.45, 2.75) is 44.8 Å². The summed E-state index contributed by atoms with van der Waals surface area (Å²) in [4.78, 5) is 1.37. The van der Waals surface area contributed by atoms with Gasteiger partial charge in [-0.2, -0.15) is 0 Å². The van der Waals surface area contributed by atoms with Crippen LogP contribution >= 0.6 is 27.3 Å². The van der Waals surface area contributed by atoms with Crippen molar-refractivity contribution in [1.82, 2.24) is 5.32 Å². The van der Waals surface area contributed by atoms with Crippen LogP contribution in [0, 0.1) is 0 Å². The molecule has 1 unspecified atom stereocenters. The van der Waals surface area contributed by atoms with Crippen LogP contribution in [-0.4, -0.2) is 19.3 Å². The fourth-order valence-corrected chi connectivity index (χ4v) is 4.01. The van der Waals surface area contributed by atoms with E-state index in [1.807, 2.05) is 0 Å². The van der Waals surface area contributed by atoms with Gasteiger partial charge in [0.25, 0.3) is 0 Å². The predicted molar refractivity (Wildman–Crippen MR) is 76.6 cm³/mol. The Morgan fingerprint density at radius 2 is 2.29 bits per heavy atom. The molecule has 0 aliphatic heterocycles. The van der Waals surface area contributed by atoms with Gasteiger partial charge in [0.15, 0.2) is 0 Å². The van der Waals surface area contributed by atoms with Gasteiger partial charge in [-0.3, -0.25) is 0 Å². The largest absolute Gasteiger partial charge is 0.377 e. The molecule has 0 bridgehead atoms. The van der Waals surface area contributed by atoms with Crippen molar-refractivity contribution in [3.05, 3.63) is 20.8 Å². The first-order valence-electron chi connectivity index (χ1n) is 6.35. The Morgan fingerprint density at radius 3 is 2.94 bits per heavy atom. The normalized spacial score (nSPS) is 18.7. The lowest BCUT2D eigenvalue weighted by molar-refractivity contribution is 0.0594. The van der Waals surface area contributed by atoms with Gasteiger partial charge in [-0.25, -0.2) is 0 Å². The number of thiophene rings is 1. The molecule has 1 heterocycles. The van der Waals surface area contributed by atoms with Crippen LogP contribution in [0.25, 0.3) is 0 Å². The highest BCUT2D eigenvalue weighted by molar-refractivity contribution is 9.10. The van der Waals surface area contributed by atoms with Gasteiger partial charge < -0.3 is 10.1 Å². The molecule has 0 aromatic carbocycles. The minimum Gasteiger partial charge on any atom is -0.377 e. The van der Waals surface area contributed by atoms with E-state index in [9.17, 15) is 0 Å². The molecule has 2 nitrogen and oxygen atoms in total. The number of rotatable bonds is 6. The van der Waals surface area contributed by atoms with Crippen molar-refractivity contribution >= 4 is 27.3 Å². The summed E-state index contributed by atoms with van der Waals surface area (Å²) in [6.07, 6.45) is 5.73. The highest BCUT2D eigenvalue weighted by Gasteiger charge is 2.15. The SMILES string of the molecule is CC(NCCOC1CCCC1)c1sccc1Br. The van der Waals surface area contributed by atoms with Crippen LogP contribution in [0.15, 0.2) is 15.9 Å². The fraction of sp³-hybridized carbons (Fsp3) is 0.692. The van der Waals surface area contributed by atoms with Crippen LogP contribution in [0.4, 0.5) is 0 Å². The van der Waals surface area contributed by atoms with Gasteiger partial charge in [-0.1, -0.05) is 12.8 Å². The molecule has 96 valence electrons. The lowest BCUT2D eigenvalue weighted by Gasteiger charge is -2.15. The van der Waals surface area contributed by atoms with Gasteiger partial charge in [0.2, 0.25) is 0 Å². The molecule has 1 aliphatic rings. The smallest absolute Gasteiger partial charge is 0.0594 e. The molecular formula is C13H20BrNOS. The Labute approximate surface area is 116 Å². The molecule has 1 aromatic heterocycles. The Hall–Kier alpha value is 0.100. The van der Waals surface area contributed by atoms with E-state index in [1.165, 1.54) is 35.0 Å². The third-order valence-corrected chi connectivity index (χ3v) is 5.30. The van der Waals surface area contributed by atoms with Crippen LogP contribution in [0.1, 0.15) is 43.5 Å². The van der Waals surface area contributed by atoms with E-state index in [0.717, 1.165) is 13.2 Å². The molecule has 1 fully saturated rings. The van der Waals surface area contributed by atoms with Crippen molar-refractivity contribution in [2.75, 3.05) is 13.2 Å². The molecule has 17 heavy (non-hydrogen) atoms. The Kier molecular flexibility index (Phi) is 5.48. The van der Waals surface area contributed by atoms with E-state index in [4.69, 9.17) is 4.74 Å². The van der Waals surface area contributed by atoms with Gasteiger partial charge in [-0.05, 0) is 47.1 Å². The second-order valence-corrected chi connectivity index (χ2v) is 6.39. The standard InChI is InChI=1S/C13H20BrNOS/c1-10(13-12(14)6-9-17-13)15-7-8-16-11-4-2-3-5-11/h6,9-11,15H,2-5,7-8H2,1H3. The molecule has 0 saturated heterocycles. The van der Waals surface area contributed by atoms with Gasteiger partial charge in [0.05, 0.1) is 12.7 Å². The number of ether oxygens (including phenoxy) is 1. The second-order valence-electron chi connectivity index (χ2n) is 4.59. The van der Waals surface area contributed by atoms with Gasteiger partial charge in [-0.15, -0.1) is 11.3 Å². The van der Waals surface area contributed by atoms with E-state index < -0.39 is 0 Å². The topological polar surface area (TPSA) is 21.3 Å². The molecule has 1 saturated carbocycles. The molecule has 1 aromatic rings. The maximum Gasteiger partial charge on any atom is 0.0594 e. The summed E-state index contributed by atoms with van der Waals surface area (Å²) in [6, 6.07) is 2.50. The van der Waals surface area contributed by atoms with E-state index in [0.29, 0.717) is 12.1 Å². The Balaban J connectivity index is 1.63. The third kappa shape index (κ3) is 4.05. The van der Waals surface area contributed by atoms with Crippen molar-refractivity contribution < 1.29 is 4.74 Å². The average molecular weight is 318 g/mol. The molecule has 1 atom stereocenters. The minimum absolute atomic E-state index is 0.400. The molecule has 0 radical (unpaired) electrons. The van der Waals surface area contributed by atoms with Crippen LogP contribution < -0.4 is 5.32 Å². The van der Waals surface area contributed by atoms with Gasteiger partial charge in [0, 0.05) is 21.9 Å². The number of hydrogen-bond acceptors (Lipinski definition) is 3. The Bertz CT molecular complexity index is 336. The minimum atomic E-state index is 0.400. The monoisotopic (exact) mass is 317 g/mol. The molecule has 1 aliphatic carbocycles. The highest BCUT2D eigenvalue weighted by Crippen LogP contribution is 2.28. The van der Waals surface area contributed by atoms with Crippen LogP contribution in [0.5, 0.6) is 0 Å². The van der Waals surface area contributed by atoms with Gasteiger partial charge >= 0.3 is 0 Å². The molecule has 0 amide bonds. The highest BCUT2D eigenvalue weighted by atomic mass is 79.9. The number of hydrogen-bond donors (Lipinski definition) is 1. The summed E-state index contributed by atoms with van der Waals surface area (Å²) in [7, 11) is 0. The molecular weight excluding hydrogens is 298 g/mol. The first-order chi connectivity index (χ1) is 8.27. The lowest BCUT2D eigenvalue weighted by atomic mass is 10.3. The average Bonchev–Trinajstić information content (AvgIpc) is 2.95. The zero-order valence-corrected chi connectivity index (χ0v) is 12.6. The molecule has 4 heteroatoms. The maximum absolute atomic E-state index is 5.83. The summed E-state index contributed by atoms with van der Waals surface area (Å²) in [5, 5.41) is 5.62. The molecule has 2 rings (SSSR count). The van der Waals surface area contributed by atoms with E-state index >= 15 is 0 Å². The third-order valence-electron chi connectivity index (χ3n) is 3.25. The number of halogens is 1. The molecule has 1 N–H and O–H groups in total. The lowest BCUT2D eigenvalue weighted by Crippen LogP contribution is -2.24. The van der Waals surface area contributed by atoms with Gasteiger partial charge in [0.1, 0.15) is 0 Å². The van der Waals surface area contributed by atoms with E-state index in [2.05, 4.69) is 39.6 Å². The fourth-order valence-electron chi connectivity index (χ4n) is 2.26. The van der Waals surface area contributed by atoms with E-state index in [-0.39, 0.29) is 0 Å². The van der Waals surface area contributed by atoms with Crippen molar-refractivity contribution in [2.24, 2.45) is 0 Å². The summed E-state index contributed by atoms with van der Waals surface area (Å²) < 4.78 is 7.04. The van der Waals surface area contributed by atoms with E-state index in [1.54, 1.807) is 11.3 Å². The Morgan fingerprint density at radius 1 is 1.53 bits per heavy atom. The summed E-state index contributed by atoms with van der Waals surface area (Å²) in [6.45, 7) is 3.96. The maximum atomic E-state index is 5.83. The van der Waals surface area contributed by atoms with Crippen LogP contribution in [-0.2, 0) is 4.74 Å². The van der Waals surface area contributed by atoms with Crippen LogP contribution in [0.2, 0.25) is 0 Å². The first kappa shape index (κ1) is 13.5. The molecule has 0 spiro atoms. The van der Waals surface area contributed by atoms with Crippen molar-refractivity contribution in [1.29, 1.82) is 0 Å². The predicted octanol–water partition coefficient (Wildman–Crippen LogP) is 4.12. The second kappa shape index (κ2) is 6.88. The van der Waals surface area contributed by atoms with Crippen molar-refractivity contribution in [3.8, 4) is 0 Å². The van der Waals surface area contributed by atoms with Crippen LogP contribution in [0.3, 0.4) is 0 Å².